The van der Waals surface area contributed by atoms with Crippen molar-refractivity contribution in [2.75, 3.05) is 19.8 Å². The van der Waals surface area contributed by atoms with Gasteiger partial charge in [-0.05, 0) is 44.0 Å². The van der Waals surface area contributed by atoms with Gasteiger partial charge >= 0.3 is 0 Å². The van der Waals surface area contributed by atoms with E-state index in [1.54, 1.807) is 0 Å². The number of hydrogen-bond donors (Lipinski definition) is 1. The molecular formula is C18H29NO2. The van der Waals surface area contributed by atoms with Gasteiger partial charge in [-0.1, -0.05) is 38.3 Å². The molecule has 2 rings (SSSR count). The summed E-state index contributed by atoms with van der Waals surface area (Å²) in [7, 11) is 0. The molecule has 3 heteroatoms. The van der Waals surface area contributed by atoms with E-state index < -0.39 is 0 Å². The number of likely N-dealkylation sites (N-methyl/N-ethyl adjacent to an activating group) is 1. The Bertz CT molecular complexity index is 385. The van der Waals surface area contributed by atoms with Crippen LogP contribution in [0.3, 0.4) is 0 Å². The van der Waals surface area contributed by atoms with Gasteiger partial charge in [0.2, 0.25) is 0 Å². The van der Waals surface area contributed by atoms with Gasteiger partial charge in [0.05, 0.1) is 25.4 Å². The van der Waals surface area contributed by atoms with E-state index in [1.165, 1.54) is 37.7 Å². The highest BCUT2D eigenvalue weighted by atomic mass is 16.5. The van der Waals surface area contributed by atoms with Crippen molar-refractivity contribution in [3.8, 4) is 5.75 Å². The fourth-order valence-electron chi connectivity index (χ4n) is 2.95. The van der Waals surface area contributed by atoms with Crippen LogP contribution in [0, 0.1) is 0 Å². The van der Waals surface area contributed by atoms with E-state index in [1.807, 2.05) is 19.1 Å². The van der Waals surface area contributed by atoms with Crippen molar-refractivity contribution in [1.29, 1.82) is 0 Å². The lowest BCUT2D eigenvalue weighted by Gasteiger charge is -2.26. The van der Waals surface area contributed by atoms with Gasteiger partial charge < -0.3 is 14.8 Å². The van der Waals surface area contributed by atoms with E-state index >= 15 is 0 Å². The smallest absolute Gasteiger partial charge is 0.119 e. The van der Waals surface area contributed by atoms with Crippen molar-refractivity contribution in [2.24, 2.45) is 0 Å². The Morgan fingerprint density at radius 1 is 1.10 bits per heavy atom. The van der Waals surface area contributed by atoms with Gasteiger partial charge in [-0.15, -0.1) is 0 Å². The van der Waals surface area contributed by atoms with E-state index in [-0.39, 0.29) is 6.04 Å². The van der Waals surface area contributed by atoms with Crippen LogP contribution in [-0.2, 0) is 4.74 Å². The second kappa shape index (κ2) is 9.06. The Hall–Kier alpha value is -1.06. The zero-order chi connectivity index (χ0) is 14.9. The molecule has 3 nitrogen and oxygen atoms in total. The number of hydrogen-bond acceptors (Lipinski definition) is 3. The monoisotopic (exact) mass is 291 g/mol. The Morgan fingerprint density at radius 2 is 1.81 bits per heavy atom. The van der Waals surface area contributed by atoms with Crippen molar-refractivity contribution in [3.63, 3.8) is 0 Å². The summed E-state index contributed by atoms with van der Waals surface area (Å²) in [5.74, 6) is 0.935. The first-order valence-corrected chi connectivity index (χ1v) is 8.41. The summed E-state index contributed by atoms with van der Waals surface area (Å²) in [4.78, 5) is 0. The fourth-order valence-corrected chi connectivity index (χ4v) is 2.95. The SMILES string of the molecule is CCNC(COC1CCCCC1)c1ccc(OCC)cc1. The fraction of sp³-hybridized carbons (Fsp3) is 0.667. The molecule has 1 aliphatic carbocycles. The van der Waals surface area contributed by atoms with Crippen molar-refractivity contribution >= 4 is 0 Å². The van der Waals surface area contributed by atoms with E-state index in [9.17, 15) is 0 Å². The third kappa shape index (κ3) is 5.33. The lowest BCUT2D eigenvalue weighted by molar-refractivity contribution is 0.0157. The maximum absolute atomic E-state index is 6.14. The Labute approximate surface area is 129 Å². The van der Waals surface area contributed by atoms with Crippen molar-refractivity contribution < 1.29 is 9.47 Å². The Kier molecular flexibility index (Phi) is 7.04. The Balaban J connectivity index is 1.90. The highest BCUT2D eigenvalue weighted by Crippen LogP contribution is 2.23. The lowest BCUT2D eigenvalue weighted by Crippen LogP contribution is -2.28. The highest BCUT2D eigenvalue weighted by Gasteiger charge is 2.17. The van der Waals surface area contributed by atoms with Gasteiger partial charge in [0.15, 0.2) is 0 Å². The summed E-state index contributed by atoms with van der Waals surface area (Å²) in [5, 5.41) is 3.52. The minimum Gasteiger partial charge on any atom is -0.494 e. The molecule has 0 aliphatic heterocycles. The van der Waals surface area contributed by atoms with Gasteiger partial charge in [-0.25, -0.2) is 0 Å². The van der Waals surface area contributed by atoms with Crippen LogP contribution < -0.4 is 10.1 Å². The second-order valence-electron chi connectivity index (χ2n) is 5.71. The lowest BCUT2D eigenvalue weighted by atomic mass is 9.97. The van der Waals surface area contributed by atoms with Crippen LogP contribution >= 0.6 is 0 Å². The first-order valence-electron chi connectivity index (χ1n) is 8.41. The molecule has 1 saturated carbocycles. The summed E-state index contributed by atoms with van der Waals surface area (Å²) < 4.78 is 11.6. The predicted molar refractivity (Wildman–Crippen MR) is 86.9 cm³/mol. The summed E-state index contributed by atoms with van der Waals surface area (Å²) in [6, 6.07) is 8.64. The quantitative estimate of drug-likeness (QED) is 0.782. The summed E-state index contributed by atoms with van der Waals surface area (Å²) in [6.07, 6.45) is 6.92. The van der Waals surface area contributed by atoms with Crippen LogP contribution in [0.5, 0.6) is 5.75 Å². The molecule has 118 valence electrons. The van der Waals surface area contributed by atoms with Crippen LogP contribution in [-0.4, -0.2) is 25.9 Å². The van der Waals surface area contributed by atoms with Crippen molar-refractivity contribution in [1.82, 2.24) is 5.32 Å². The van der Waals surface area contributed by atoms with Gasteiger partial charge in [0.25, 0.3) is 0 Å². The minimum absolute atomic E-state index is 0.271. The maximum atomic E-state index is 6.14. The molecule has 1 unspecified atom stereocenters. The third-order valence-corrected chi connectivity index (χ3v) is 4.09. The summed E-state index contributed by atoms with van der Waals surface area (Å²) >= 11 is 0. The molecule has 21 heavy (non-hydrogen) atoms. The maximum Gasteiger partial charge on any atom is 0.119 e. The van der Waals surface area contributed by atoms with Crippen molar-refractivity contribution in [3.05, 3.63) is 29.8 Å². The Morgan fingerprint density at radius 3 is 2.43 bits per heavy atom. The van der Waals surface area contributed by atoms with Gasteiger partial charge in [0, 0.05) is 0 Å². The molecule has 0 aromatic heterocycles. The molecule has 1 fully saturated rings. The van der Waals surface area contributed by atoms with E-state index in [0.717, 1.165) is 18.9 Å². The first-order chi connectivity index (χ1) is 10.3. The largest absolute Gasteiger partial charge is 0.494 e. The molecule has 0 radical (unpaired) electrons. The van der Waals surface area contributed by atoms with Crippen LogP contribution in [0.25, 0.3) is 0 Å². The van der Waals surface area contributed by atoms with Gasteiger partial charge in [-0.3, -0.25) is 0 Å². The normalized spacial score (nSPS) is 17.6. The van der Waals surface area contributed by atoms with E-state index in [0.29, 0.717) is 12.7 Å². The van der Waals surface area contributed by atoms with Gasteiger partial charge in [0.1, 0.15) is 5.75 Å². The molecule has 0 bridgehead atoms. The van der Waals surface area contributed by atoms with Crippen LogP contribution in [0.15, 0.2) is 24.3 Å². The zero-order valence-corrected chi connectivity index (χ0v) is 13.4. The molecule has 1 aromatic carbocycles. The average Bonchev–Trinajstić information content (AvgIpc) is 2.54. The zero-order valence-electron chi connectivity index (χ0n) is 13.4. The number of rotatable bonds is 8. The molecule has 0 heterocycles. The van der Waals surface area contributed by atoms with Gasteiger partial charge in [-0.2, -0.15) is 0 Å². The highest BCUT2D eigenvalue weighted by molar-refractivity contribution is 5.29. The topological polar surface area (TPSA) is 30.5 Å². The molecule has 1 aliphatic rings. The first kappa shape index (κ1) is 16.3. The van der Waals surface area contributed by atoms with Crippen molar-refractivity contribution in [2.45, 2.75) is 58.1 Å². The minimum atomic E-state index is 0.271. The third-order valence-electron chi connectivity index (χ3n) is 4.09. The molecule has 1 N–H and O–H groups in total. The van der Waals surface area contributed by atoms with Crippen LogP contribution in [0.1, 0.15) is 57.6 Å². The molecular weight excluding hydrogens is 262 g/mol. The number of nitrogens with one attached hydrogen (secondary N) is 1. The second-order valence-corrected chi connectivity index (χ2v) is 5.71. The number of ether oxygens (including phenoxy) is 2. The number of benzene rings is 1. The van der Waals surface area contributed by atoms with Crippen LogP contribution in [0.2, 0.25) is 0 Å². The molecule has 0 spiro atoms. The summed E-state index contributed by atoms with van der Waals surface area (Å²) in [5.41, 5.74) is 1.27. The molecule has 0 amide bonds. The van der Waals surface area contributed by atoms with Crippen LogP contribution in [0.4, 0.5) is 0 Å². The molecule has 1 atom stereocenters. The molecule has 1 aromatic rings. The average molecular weight is 291 g/mol. The summed E-state index contributed by atoms with van der Waals surface area (Å²) in [6.45, 7) is 6.56. The predicted octanol–water partition coefficient (Wildman–Crippen LogP) is 4.09. The standard InChI is InChI=1S/C18H29NO2/c1-3-19-18(14-21-16-8-6-5-7-9-16)15-10-12-17(13-11-15)20-4-2/h10-13,16,18-19H,3-9,14H2,1-2H3. The van der Waals surface area contributed by atoms with E-state index in [2.05, 4.69) is 24.4 Å². The van der Waals surface area contributed by atoms with E-state index in [4.69, 9.17) is 9.47 Å². The molecule has 0 saturated heterocycles.